The highest BCUT2D eigenvalue weighted by Crippen LogP contribution is 2.39. The Hall–Kier alpha value is -5.60. The van der Waals surface area contributed by atoms with E-state index >= 15 is 0 Å². The maximum absolute atomic E-state index is 2.44. The highest BCUT2D eigenvalue weighted by Gasteiger charge is 2.16. The molecule has 0 saturated heterocycles. The molecule has 2 aromatic heterocycles. The molecule has 0 aliphatic carbocycles. The van der Waals surface area contributed by atoms with E-state index in [1.54, 1.807) is 0 Å². The molecule has 0 fully saturated rings. The van der Waals surface area contributed by atoms with Crippen LogP contribution in [-0.2, 0) is 0 Å². The predicted molar refractivity (Wildman–Crippen MR) is 178 cm³/mol. The van der Waals surface area contributed by atoms with Crippen molar-refractivity contribution in [3.63, 3.8) is 0 Å². The standard InChI is InChI=1S/C40H26N2/c1-2-13-30(14-3-1)41-37-18-8-6-16-32(37)34-23-21-28(25-39(34)41)29-22-24-35-33-17-7-9-19-38(33)42(40(35)26-29)36-20-10-12-27-11-4-5-15-31(27)36/h1-26H. The second-order valence-electron chi connectivity index (χ2n) is 11.0. The zero-order valence-corrected chi connectivity index (χ0v) is 22.9. The van der Waals surface area contributed by atoms with E-state index in [4.69, 9.17) is 0 Å². The maximum atomic E-state index is 2.44. The summed E-state index contributed by atoms with van der Waals surface area (Å²) < 4.78 is 4.83. The van der Waals surface area contributed by atoms with Crippen LogP contribution in [0.15, 0.2) is 158 Å². The van der Waals surface area contributed by atoms with Crippen LogP contribution in [0.5, 0.6) is 0 Å². The second-order valence-corrected chi connectivity index (χ2v) is 11.0. The summed E-state index contributed by atoms with van der Waals surface area (Å²) in [6.07, 6.45) is 0. The average Bonchev–Trinajstić information content (AvgIpc) is 3.57. The van der Waals surface area contributed by atoms with Crippen LogP contribution in [0.25, 0.3) is 76.9 Å². The van der Waals surface area contributed by atoms with Crippen LogP contribution in [0.3, 0.4) is 0 Å². The number of fused-ring (bicyclic) bond motifs is 7. The summed E-state index contributed by atoms with van der Waals surface area (Å²) in [6, 6.07) is 57.3. The monoisotopic (exact) mass is 534 g/mol. The number of hydrogen-bond donors (Lipinski definition) is 0. The maximum Gasteiger partial charge on any atom is 0.0547 e. The van der Waals surface area contributed by atoms with Crippen LogP contribution in [-0.4, -0.2) is 9.13 Å². The number of benzene rings is 7. The lowest BCUT2D eigenvalue weighted by atomic mass is 10.0. The first-order valence-corrected chi connectivity index (χ1v) is 14.5. The fourth-order valence-electron chi connectivity index (χ4n) is 6.82. The van der Waals surface area contributed by atoms with Gasteiger partial charge in [-0.05, 0) is 59.0 Å². The number of para-hydroxylation sites is 3. The summed E-state index contributed by atoms with van der Waals surface area (Å²) in [5.74, 6) is 0. The smallest absolute Gasteiger partial charge is 0.0547 e. The Morgan fingerprint density at radius 1 is 0.310 bits per heavy atom. The number of hydrogen-bond acceptors (Lipinski definition) is 0. The van der Waals surface area contributed by atoms with Gasteiger partial charge in [-0.2, -0.15) is 0 Å². The third-order valence-corrected chi connectivity index (χ3v) is 8.70. The minimum Gasteiger partial charge on any atom is -0.309 e. The summed E-state index contributed by atoms with van der Waals surface area (Å²) in [6.45, 7) is 0. The van der Waals surface area contributed by atoms with Gasteiger partial charge < -0.3 is 9.13 Å². The van der Waals surface area contributed by atoms with Gasteiger partial charge in [-0.3, -0.25) is 0 Å². The Kier molecular flexibility index (Phi) is 4.93. The molecule has 2 nitrogen and oxygen atoms in total. The van der Waals surface area contributed by atoms with Crippen molar-refractivity contribution < 1.29 is 0 Å². The van der Waals surface area contributed by atoms with Gasteiger partial charge in [0.15, 0.2) is 0 Å². The minimum atomic E-state index is 1.17. The molecule has 9 rings (SSSR count). The van der Waals surface area contributed by atoms with Crippen molar-refractivity contribution >= 4 is 54.4 Å². The molecule has 0 aliphatic rings. The van der Waals surface area contributed by atoms with Gasteiger partial charge in [0.1, 0.15) is 0 Å². The van der Waals surface area contributed by atoms with E-state index in [2.05, 4.69) is 167 Å². The largest absolute Gasteiger partial charge is 0.309 e. The molecular formula is C40H26N2. The van der Waals surface area contributed by atoms with Gasteiger partial charge in [-0.1, -0.05) is 115 Å². The van der Waals surface area contributed by atoms with E-state index in [0.29, 0.717) is 0 Å². The highest BCUT2D eigenvalue weighted by molar-refractivity contribution is 6.13. The second kappa shape index (κ2) is 8.95. The molecule has 0 atom stereocenters. The lowest BCUT2D eigenvalue weighted by molar-refractivity contribution is 1.18. The molecule has 0 unspecified atom stereocenters. The van der Waals surface area contributed by atoms with Gasteiger partial charge in [-0.25, -0.2) is 0 Å². The Bertz CT molecular complexity index is 2450. The average molecular weight is 535 g/mol. The fourth-order valence-corrected chi connectivity index (χ4v) is 6.82. The van der Waals surface area contributed by atoms with Crippen LogP contribution in [0, 0.1) is 0 Å². The molecule has 2 heterocycles. The molecule has 9 aromatic rings. The summed E-state index contributed by atoms with van der Waals surface area (Å²) in [5.41, 5.74) is 9.67. The fraction of sp³-hybridized carbons (Fsp3) is 0. The molecule has 0 saturated carbocycles. The van der Waals surface area contributed by atoms with E-state index in [1.165, 1.54) is 76.9 Å². The normalized spacial score (nSPS) is 11.8. The molecule has 0 amide bonds. The van der Waals surface area contributed by atoms with Gasteiger partial charge in [0, 0.05) is 32.6 Å². The third kappa shape index (κ3) is 3.33. The molecule has 0 spiro atoms. The summed E-state index contributed by atoms with van der Waals surface area (Å²) >= 11 is 0. The predicted octanol–water partition coefficient (Wildman–Crippen LogP) is 10.7. The van der Waals surface area contributed by atoms with Gasteiger partial charge in [0.25, 0.3) is 0 Å². The summed E-state index contributed by atoms with van der Waals surface area (Å²) in [5, 5.41) is 7.57. The number of aromatic nitrogens is 2. The zero-order chi connectivity index (χ0) is 27.6. The Balaban J connectivity index is 1.32. The van der Waals surface area contributed by atoms with Crippen molar-refractivity contribution in [1.29, 1.82) is 0 Å². The molecule has 0 N–H and O–H groups in total. The van der Waals surface area contributed by atoms with Crippen LogP contribution < -0.4 is 0 Å². The molecule has 0 radical (unpaired) electrons. The van der Waals surface area contributed by atoms with E-state index in [0.717, 1.165) is 0 Å². The Morgan fingerprint density at radius 3 is 1.50 bits per heavy atom. The molecule has 42 heavy (non-hydrogen) atoms. The first kappa shape index (κ1) is 23.1. The highest BCUT2D eigenvalue weighted by atomic mass is 15.0. The minimum absolute atomic E-state index is 1.17. The quantitative estimate of drug-likeness (QED) is 0.213. The first-order valence-electron chi connectivity index (χ1n) is 14.5. The Labute approximate surface area is 243 Å². The van der Waals surface area contributed by atoms with Gasteiger partial charge in [0.2, 0.25) is 0 Å². The molecule has 7 aromatic carbocycles. The van der Waals surface area contributed by atoms with Crippen molar-refractivity contribution in [2.45, 2.75) is 0 Å². The topological polar surface area (TPSA) is 9.86 Å². The molecular weight excluding hydrogens is 508 g/mol. The van der Waals surface area contributed by atoms with Gasteiger partial charge >= 0.3 is 0 Å². The van der Waals surface area contributed by atoms with Crippen LogP contribution in [0.2, 0.25) is 0 Å². The third-order valence-electron chi connectivity index (χ3n) is 8.70. The van der Waals surface area contributed by atoms with E-state index < -0.39 is 0 Å². The first-order chi connectivity index (χ1) is 20.8. The summed E-state index contributed by atoms with van der Waals surface area (Å²) in [7, 11) is 0. The lowest BCUT2D eigenvalue weighted by Gasteiger charge is -2.12. The molecule has 0 bridgehead atoms. The van der Waals surface area contributed by atoms with E-state index in [-0.39, 0.29) is 0 Å². The van der Waals surface area contributed by atoms with E-state index in [1.807, 2.05) is 0 Å². The van der Waals surface area contributed by atoms with Gasteiger partial charge in [0.05, 0.1) is 27.8 Å². The van der Waals surface area contributed by atoms with Crippen molar-refractivity contribution in [2.75, 3.05) is 0 Å². The van der Waals surface area contributed by atoms with Crippen LogP contribution >= 0.6 is 0 Å². The van der Waals surface area contributed by atoms with Crippen LogP contribution in [0.4, 0.5) is 0 Å². The number of nitrogens with zero attached hydrogens (tertiary/aromatic N) is 2. The van der Waals surface area contributed by atoms with Crippen molar-refractivity contribution in [1.82, 2.24) is 9.13 Å². The van der Waals surface area contributed by atoms with Crippen molar-refractivity contribution in [2.24, 2.45) is 0 Å². The van der Waals surface area contributed by atoms with Gasteiger partial charge in [-0.15, -0.1) is 0 Å². The SMILES string of the molecule is c1ccc(-n2c3ccccc3c3ccc(-c4ccc5c6ccccc6n(-c6cccc7ccccc67)c5c4)cc32)cc1. The Morgan fingerprint density at radius 2 is 0.810 bits per heavy atom. The number of rotatable bonds is 3. The molecule has 2 heteroatoms. The molecule has 0 aliphatic heterocycles. The van der Waals surface area contributed by atoms with Crippen molar-refractivity contribution in [3.8, 4) is 22.5 Å². The molecule has 196 valence electrons. The van der Waals surface area contributed by atoms with E-state index in [9.17, 15) is 0 Å². The van der Waals surface area contributed by atoms with Crippen molar-refractivity contribution in [3.05, 3.63) is 158 Å². The zero-order valence-electron chi connectivity index (χ0n) is 22.9. The summed E-state index contributed by atoms with van der Waals surface area (Å²) in [4.78, 5) is 0. The lowest BCUT2D eigenvalue weighted by Crippen LogP contribution is -1.95. The van der Waals surface area contributed by atoms with Crippen LogP contribution in [0.1, 0.15) is 0 Å².